The van der Waals surface area contributed by atoms with E-state index in [9.17, 15) is 19.2 Å². The summed E-state index contributed by atoms with van der Waals surface area (Å²) in [6.45, 7) is 2.18. The molecule has 0 saturated heterocycles. The van der Waals surface area contributed by atoms with Crippen LogP contribution in [-0.2, 0) is 28.7 Å². The third kappa shape index (κ3) is 28.3. The Kier molecular flexibility index (Phi) is 27.0. The van der Waals surface area contributed by atoms with Gasteiger partial charge in [-0.1, -0.05) is 70.6 Å². The molecule has 0 aromatic carbocycles. The highest BCUT2D eigenvalue weighted by Gasteiger charge is 2.03. The summed E-state index contributed by atoms with van der Waals surface area (Å²) in [5, 5.41) is 5.66. The standard InChI is InChI=1S/C27H50N2O6/c30-20-14-12-10-8-6-4-2-1-3-5-7-9-11-13-16-26(32)28-18-15-17-27(33)29-19-22-34-24-25-35-23-21-31/h20-21H,1-19,22-25H2,(H,28,32)(H,29,33). The Bertz CT molecular complexity index is 516. The number of rotatable bonds is 28. The maximum absolute atomic E-state index is 11.9. The van der Waals surface area contributed by atoms with Crippen molar-refractivity contribution in [2.45, 2.75) is 109 Å². The molecule has 0 rings (SSSR count). The predicted octanol–water partition coefficient (Wildman–Crippen LogP) is 4.28. The lowest BCUT2D eigenvalue weighted by Crippen LogP contribution is -2.29. The zero-order valence-electron chi connectivity index (χ0n) is 21.9. The lowest BCUT2D eigenvalue weighted by molar-refractivity contribution is -0.123. The second-order valence-corrected chi connectivity index (χ2v) is 8.96. The summed E-state index contributed by atoms with van der Waals surface area (Å²) < 4.78 is 10.2. The monoisotopic (exact) mass is 498 g/mol. The Balaban J connectivity index is 3.27. The minimum atomic E-state index is -0.0499. The SMILES string of the molecule is O=CCCCCCCCCCCCCCCCC(=O)NCCCC(=O)NCCOCCOCC=O. The van der Waals surface area contributed by atoms with Crippen LogP contribution in [0, 0.1) is 0 Å². The highest BCUT2D eigenvalue weighted by Crippen LogP contribution is 2.13. The molecule has 0 aromatic rings. The molecule has 0 unspecified atom stereocenters. The summed E-state index contributed by atoms with van der Waals surface area (Å²) in [5.74, 6) is 0.0212. The normalized spacial score (nSPS) is 10.7. The van der Waals surface area contributed by atoms with E-state index in [2.05, 4.69) is 10.6 Å². The third-order valence-corrected chi connectivity index (χ3v) is 5.76. The molecule has 8 heteroatoms. The van der Waals surface area contributed by atoms with E-state index in [0.29, 0.717) is 64.9 Å². The van der Waals surface area contributed by atoms with Crippen molar-refractivity contribution in [1.82, 2.24) is 10.6 Å². The topological polar surface area (TPSA) is 111 Å². The van der Waals surface area contributed by atoms with Crippen molar-refractivity contribution in [1.29, 1.82) is 0 Å². The van der Waals surface area contributed by atoms with Crippen LogP contribution in [0.4, 0.5) is 0 Å². The van der Waals surface area contributed by atoms with Gasteiger partial charge in [-0.05, 0) is 19.3 Å². The van der Waals surface area contributed by atoms with E-state index in [4.69, 9.17) is 9.47 Å². The van der Waals surface area contributed by atoms with Gasteiger partial charge in [0.15, 0.2) is 0 Å². The summed E-state index contributed by atoms with van der Waals surface area (Å²) >= 11 is 0. The van der Waals surface area contributed by atoms with E-state index in [1.807, 2.05) is 0 Å². The van der Waals surface area contributed by atoms with E-state index in [-0.39, 0.29) is 18.4 Å². The maximum Gasteiger partial charge on any atom is 0.220 e. The molecule has 0 radical (unpaired) electrons. The minimum Gasteiger partial charge on any atom is -0.377 e. The third-order valence-electron chi connectivity index (χ3n) is 5.76. The molecule has 0 atom stereocenters. The first kappa shape index (κ1) is 33.2. The summed E-state index contributed by atoms with van der Waals surface area (Å²) in [4.78, 5) is 43.9. The Labute approximate surface area is 212 Å². The van der Waals surface area contributed by atoms with Crippen LogP contribution < -0.4 is 10.6 Å². The first-order valence-electron chi connectivity index (χ1n) is 13.8. The van der Waals surface area contributed by atoms with Crippen LogP contribution in [0.25, 0.3) is 0 Å². The van der Waals surface area contributed by atoms with Crippen molar-refractivity contribution < 1.29 is 28.7 Å². The van der Waals surface area contributed by atoms with Crippen LogP contribution in [0.2, 0.25) is 0 Å². The number of ether oxygens (including phenoxy) is 2. The van der Waals surface area contributed by atoms with E-state index in [1.54, 1.807) is 0 Å². The molecule has 2 amide bonds. The number of amides is 2. The minimum absolute atomic E-state index is 0.0499. The van der Waals surface area contributed by atoms with Crippen LogP contribution in [0.5, 0.6) is 0 Å². The summed E-state index contributed by atoms with van der Waals surface area (Å²) in [6.07, 6.45) is 19.8. The second-order valence-electron chi connectivity index (χ2n) is 8.96. The van der Waals surface area contributed by atoms with Gasteiger partial charge in [0.05, 0.1) is 19.8 Å². The number of nitrogens with one attached hydrogen (secondary N) is 2. The summed E-state index contributed by atoms with van der Waals surface area (Å²) in [7, 11) is 0. The van der Waals surface area contributed by atoms with E-state index in [0.717, 1.165) is 25.5 Å². The molecule has 0 spiro atoms. The summed E-state index contributed by atoms with van der Waals surface area (Å²) in [5.41, 5.74) is 0. The molecule has 0 aliphatic carbocycles. The van der Waals surface area contributed by atoms with Gasteiger partial charge in [-0.15, -0.1) is 0 Å². The molecule has 204 valence electrons. The molecule has 0 saturated carbocycles. The largest absolute Gasteiger partial charge is 0.377 e. The van der Waals surface area contributed by atoms with E-state index >= 15 is 0 Å². The predicted molar refractivity (Wildman–Crippen MR) is 138 cm³/mol. The molecular weight excluding hydrogens is 448 g/mol. The van der Waals surface area contributed by atoms with Crippen LogP contribution >= 0.6 is 0 Å². The van der Waals surface area contributed by atoms with Crippen molar-refractivity contribution in [3.05, 3.63) is 0 Å². The van der Waals surface area contributed by atoms with Crippen molar-refractivity contribution in [3.63, 3.8) is 0 Å². The molecule has 35 heavy (non-hydrogen) atoms. The maximum atomic E-state index is 11.9. The number of hydrogen-bond acceptors (Lipinski definition) is 6. The Morgan fingerprint density at radius 2 is 1.00 bits per heavy atom. The number of aldehydes is 2. The first-order valence-corrected chi connectivity index (χ1v) is 13.8. The van der Waals surface area contributed by atoms with Gasteiger partial charge in [0.25, 0.3) is 0 Å². The van der Waals surface area contributed by atoms with Crippen molar-refractivity contribution in [2.24, 2.45) is 0 Å². The number of carbonyl (C=O) groups is 4. The molecule has 8 nitrogen and oxygen atoms in total. The molecule has 0 aliphatic rings. The fraction of sp³-hybridized carbons (Fsp3) is 0.852. The van der Waals surface area contributed by atoms with Crippen LogP contribution in [0.3, 0.4) is 0 Å². The van der Waals surface area contributed by atoms with Crippen LogP contribution in [-0.4, -0.2) is 63.9 Å². The van der Waals surface area contributed by atoms with Gasteiger partial charge in [-0.2, -0.15) is 0 Å². The molecule has 0 bridgehead atoms. The number of unbranched alkanes of at least 4 members (excludes halogenated alkanes) is 13. The number of hydrogen-bond donors (Lipinski definition) is 2. The van der Waals surface area contributed by atoms with Crippen LogP contribution in [0.15, 0.2) is 0 Å². The average Bonchev–Trinajstić information content (AvgIpc) is 2.86. The molecule has 0 fully saturated rings. The smallest absolute Gasteiger partial charge is 0.220 e. The van der Waals surface area contributed by atoms with Gasteiger partial charge in [0, 0.05) is 32.4 Å². The van der Waals surface area contributed by atoms with E-state index in [1.165, 1.54) is 64.2 Å². The van der Waals surface area contributed by atoms with Crippen LogP contribution in [0.1, 0.15) is 109 Å². The van der Waals surface area contributed by atoms with Crippen molar-refractivity contribution in [3.8, 4) is 0 Å². The lowest BCUT2D eigenvalue weighted by Gasteiger charge is -2.07. The highest BCUT2D eigenvalue weighted by atomic mass is 16.5. The molecular formula is C27H50N2O6. The Morgan fingerprint density at radius 3 is 1.57 bits per heavy atom. The van der Waals surface area contributed by atoms with Gasteiger partial charge >= 0.3 is 0 Å². The summed E-state index contributed by atoms with van der Waals surface area (Å²) in [6, 6.07) is 0. The lowest BCUT2D eigenvalue weighted by atomic mass is 10.0. The zero-order chi connectivity index (χ0) is 25.7. The Morgan fingerprint density at radius 1 is 0.514 bits per heavy atom. The molecule has 0 aromatic heterocycles. The van der Waals surface area contributed by atoms with Gasteiger partial charge in [0.1, 0.15) is 19.2 Å². The molecule has 2 N–H and O–H groups in total. The quantitative estimate of drug-likeness (QED) is 0.123. The van der Waals surface area contributed by atoms with Gasteiger partial charge < -0.3 is 29.7 Å². The first-order chi connectivity index (χ1) is 17.2. The second kappa shape index (κ2) is 28.4. The van der Waals surface area contributed by atoms with Crippen molar-refractivity contribution >= 4 is 24.4 Å². The number of carbonyl (C=O) groups excluding carboxylic acids is 4. The zero-order valence-corrected chi connectivity index (χ0v) is 21.9. The highest BCUT2D eigenvalue weighted by molar-refractivity contribution is 5.77. The van der Waals surface area contributed by atoms with Gasteiger partial charge in [-0.3, -0.25) is 9.59 Å². The fourth-order valence-corrected chi connectivity index (χ4v) is 3.73. The average molecular weight is 499 g/mol. The van der Waals surface area contributed by atoms with Gasteiger partial charge in [0.2, 0.25) is 11.8 Å². The van der Waals surface area contributed by atoms with E-state index < -0.39 is 0 Å². The molecule has 0 aliphatic heterocycles. The molecule has 0 heterocycles. The van der Waals surface area contributed by atoms with Crippen molar-refractivity contribution in [2.75, 3.05) is 39.5 Å². The Hall–Kier alpha value is -1.80. The fourth-order valence-electron chi connectivity index (χ4n) is 3.73. The van der Waals surface area contributed by atoms with Gasteiger partial charge in [-0.25, -0.2) is 0 Å².